The largest absolute Gasteiger partial charge is 0.333 e. The number of rotatable bonds is 5. The molecule has 5 nitrogen and oxygen atoms in total. The molecule has 0 radical (unpaired) electrons. The van der Waals surface area contributed by atoms with Crippen molar-refractivity contribution in [2.24, 2.45) is 0 Å². The SMILES string of the molecule is CC(C)NCCCS(=O)(=O)O.C[N+](C)(C)C. The molecule has 0 aliphatic carbocycles. The predicted molar refractivity (Wildman–Crippen MR) is 68.1 cm³/mol. The summed E-state index contributed by atoms with van der Waals surface area (Å²) in [4.78, 5) is 0. The van der Waals surface area contributed by atoms with E-state index in [9.17, 15) is 8.42 Å². The van der Waals surface area contributed by atoms with E-state index in [1.807, 2.05) is 13.8 Å². The molecule has 0 aromatic carbocycles. The molecule has 0 unspecified atom stereocenters. The topological polar surface area (TPSA) is 66.4 Å². The van der Waals surface area contributed by atoms with Crippen molar-refractivity contribution in [1.82, 2.24) is 5.32 Å². The van der Waals surface area contributed by atoms with Gasteiger partial charge < -0.3 is 9.80 Å². The van der Waals surface area contributed by atoms with E-state index >= 15 is 0 Å². The van der Waals surface area contributed by atoms with Crippen LogP contribution in [-0.2, 0) is 10.1 Å². The average molecular weight is 255 g/mol. The Hall–Kier alpha value is -0.170. The van der Waals surface area contributed by atoms with Crippen molar-refractivity contribution in [1.29, 1.82) is 0 Å². The lowest BCUT2D eigenvalue weighted by molar-refractivity contribution is -0.849. The van der Waals surface area contributed by atoms with Gasteiger partial charge in [0, 0.05) is 6.04 Å². The first kappa shape index (κ1) is 18.2. The van der Waals surface area contributed by atoms with Crippen LogP contribution in [0.3, 0.4) is 0 Å². The van der Waals surface area contributed by atoms with E-state index in [4.69, 9.17) is 4.55 Å². The van der Waals surface area contributed by atoms with Gasteiger partial charge in [-0.25, -0.2) is 0 Å². The smallest absolute Gasteiger partial charge is 0.264 e. The van der Waals surface area contributed by atoms with Crippen molar-refractivity contribution < 1.29 is 17.5 Å². The molecule has 0 heterocycles. The number of hydrogen-bond acceptors (Lipinski definition) is 3. The van der Waals surface area contributed by atoms with Crippen LogP contribution >= 0.6 is 0 Å². The molecule has 0 aliphatic rings. The highest BCUT2D eigenvalue weighted by atomic mass is 32.2. The summed E-state index contributed by atoms with van der Waals surface area (Å²) < 4.78 is 29.7. The molecule has 2 N–H and O–H groups in total. The molecular formula is C10H27N2O3S+. The van der Waals surface area contributed by atoms with E-state index in [-0.39, 0.29) is 5.75 Å². The maximum atomic E-state index is 10.2. The molecule has 0 aliphatic heterocycles. The van der Waals surface area contributed by atoms with Crippen molar-refractivity contribution in [3.8, 4) is 0 Å². The Morgan fingerprint density at radius 1 is 1.19 bits per heavy atom. The molecule has 0 aromatic rings. The van der Waals surface area contributed by atoms with Crippen LogP contribution in [0.2, 0.25) is 0 Å². The van der Waals surface area contributed by atoms with E-state index in [0.29, 0.717) is 19.0 Å². The van der Waals surface area contributed by atoms with E-state index in [0.717, 1.165) is 4.48 Å². The van der Waals surface area contributed by atoms with Crippen LogP contribution in [0, 0.1) is 0 Å². The van der Waals surface area contributed by atoms with Gasteiger partial charge >= 0.3 is 0 Å². The molecule has 6 heteroatoms. The lowest BCUT2D eigenvalue weighted by atomic mass is 10.4. The van der Waals surface area contributed by atoms with Crippen LogP contribution < -0.4 is 5.32 Å². The highest BCUT2D eigenvalue weighted by Gasteiger charge is 2.02. The van der Waals surface area contributed by atoms with Gasteiger partial charge in [0.1, 0.15) is 0 Å². The minimum atomic E-state index is -3.76. The standard InChI is InChI=1S/C6H15NO3S.C4H12N/c1-6(2)7-4-3-5-11(8,9)10;1-5(2,3)4/h6-7H,3-5H2,1-2H3,(H,8,9,10);1-4H3/q;+1. The molecule has 0 bridgehead atoms. The normalized spacial score (nSPS) is 12.2. The van der Waals surface area contributed by atoms with Crippen LogP contribution in [0.5, 0.6) is 0 Å². The fourth-order valence-electron chi connectivity index (χ4n) is 0.645. The monoisotopic (exact) mass is 255 g/mol. The highest BCUT2D eigenvalue weighted by molar-refractivity contribution is 7.85. The third-order valence-corrected chi connectivity index (χ3v) is 1.94. The number of nitrogens with one attached hydrogen (secondary N) is 1. The summed E-state index contributed by atoms with van der Waals surface area (Å²) in [6.45, 7) is 4.58. The second-order valence-corrected chi connectivity index (χ2v) is 7.00. The van der Waals surface area contributed by atoms with Crippen molar-refractivity contribution in [3.63, 3.8) is 0 Å². The van der Waals surface area contributed by atoms with E-state index < -0.39 is 10.1 Å². The van der Waals surface area contributed by atoms with Crippen molar-refractivity contribution in [2.75, 3.05) is 40.5 Å². The van der Waals surface area contributed by atoms with Crippen LogP contribution in [-0.4, -0.2) is 64.0 Å². The maximum Gasteiger partial charge on any atom is 0.264 e. The van der Waals surface area contributed by atoms with Crippen molar-refractivity contribution in [2.45, 2.75) is 26.3 Å². The molecule has 0 saturated carbocycles. The Morgan fingerprint density at radius 2 is 1.56 bits per heavy atom. The Bertz CT molecular complexity index is 250. The maximum absolute atomic E-state index is 10.2. The van der Waals surface area contributed by atoms with Gasteiger partial charge in [0.2, 0.25) is 0 Å². The van der Waals surface area contributed by atoms with Crippen LogP contribution in [0.4, 0.5) is 0 Å². The first-order chi connectivity index (χ1) is 6.92. The van der Waals surface area contributed by atoms with Gasteiger partial charge in [-0.1, -0.05) is 13.8 Å². The Balaban J connectivity index is 0. The second-order valence-electron chi connectivity index (χ2n) is 5.43. The molecule has 100 valence electrons. The fraction of sp³-hybridized carbons (Fsp3) is 1.00. The van der Waals surface area contributed by atoms with Gasteiger partial charge in [-0.15, -0.1) is 0 Å². The van der Waals surface area contributed by atoms with Gasteiger partial charge in [0.25, 0.3) is 10.1 Å². The first-order valence-electron chi connectivity index (χ1n) is 5.39. The zero-order valence-electron chi connectivity index (χ0n) is 11.3. The van der Waals surface area contributed by atoms with Gasteiger partial charge in [0.05, 0.1) is 33.9 Å². The summed E-state index contributed by atoms with van der Waals surface area (Å²) in [5, 5.41) is 3.04. The number of nitrogens with zero attached hydrogens (tertiary/aromatic N) is 1. The fourth-order valence-corrected chi connectivity index (χ4v) is 1.15. The lowest BCUT2D eigenvalue weighted by Gasteiger charge is -2.14. The molecule has 0 amide bonds. The Morgan fingerprint density at radius 3 is 1.81 bits per heavy atom. The zero-order valence-corrected chi connectivity index (χ0v) is 12.1. The molecule has 0 atom stereocenters. The van der Waals surface area contributed by atoms with Gasteiger partial charge in [-0.3, -0.25) is 4.55 Å². The summed E-state index contributed by atoms with van der Waals surface area (Å²) in [5.41, 5.74) is 0. The second kappa shape index (κ2) is 8.00. The van der Waals surface area contributed by atoms with Crippen LogP contribution in [0.25, 0.3) is 0 Å². The van der Waals surface area contributed by atoms with Crippen LogP contribution in [0.1, 0.15) is 20.3 Å². The molecule has 0 saturated heterocycles. The minimum Gasteiger partial charge on any atom is -0.333 e. The van der Waals surface area contributed by atoms with E-state index in [1.54, 1.807) is 0 Å². The zero-order chi connectivity index (χ0) is 13.4. The molecule has 0 fully saturated rings. The molecular weight excluding hydrogens is 228 g/mol. The molecule has 0 spiro atoms. The minimum absolute atomic E-state index is 0.160. The Kier molecular flexibility index (Phi) is 9.10. The van der Waals surface area contributed by atoms with E-state index in [2.05, 4.69) is 33.5 Å². The number of hydrogen-bond donors (Lipinski definition) is 2. The van der Waals surface area contributed by atoms with Crippen LogP contribution in [0.15, 0.2) is 0 Å². The predicted octanol–water partition coefficient (Wildman–Crippen LogP) is 0.585. The first-order valence-corrected chi connectivity index (χ1v) is 7.00. The quantitative estimate of drug-likeness (QED) is 0.428. The summed E-state index contributed by atoms with van der Waals surface area (Å²) in [6.07, 6.45) is 0.455. The summed E-state index contributed by atoms with van der Waals surface area (Å²) in [5.74, 6) is -0.160. The van der Waals surface area contributed by atoms with Crippen molar-refractivity contribution in [3.05, 3.63) is 0 Å². The third-order valence-electron chi connectivity index (χ3n) is 1.13. The summed E-state index contributed by atoms with van der Waals surface area (Å²) in [7, 11) is 4.74. The molecule has 0 rings (SSSR count). The Labute approximate surface area is 100 Å². The molecule has 16 heavy (non-hydrogen) atoms. The average Bonchev–Trinajstić information content (AvgIpc) is 1.92. The summed E-state index contributed by atoms with van der Waals surface area (Å²) >= 11 is 0. The van der Waals surface area contributed by atoms with Gasteiger partial charge in [0.15, 0.2) is 0 Å². The summed E-state index contributed by atoms with van der Waals surface area (Å²) in [6, 6.07) is 0.358. The highest BCUT2D eigenvalue weighted by Crippen LogP contribution is 1.87. The van der Waals surface area contributed by atoms with Gasteiger partial charge in [-0.05, 0) is 13.0 Å². The number of quaternary nitrogens is 1. The van der Waals surface area contributed by atoms with Gasteiger partial charge in [-0.2, -0.15) is 8.42 Å². The lowest BCUT2D eigenvalue weighted by Crippen LogP contribution is -2.27. The van der Waals surface area contributed by atoms with Crippen molar-refractivity contribution >= 4 is 10.1 Å². The molecule has 0 aromatic heterocycles. The van der Waals surface area contributed by atoms with E-state index in [1.165, 1.54) is 0 Å². The third kappa shape index (κ3) is 37.1.